The predicted molar refractivity (Wildman–Crippen MR) is 84.9 cm³/mol. The zero-order chi connectivity index (χ0) is 16.9. The van der Waals surface area contributed by atoms with Gasteiger partial charge in [0.05, 0.1) is 50.9 Å². The maximum absolute atomic E-state index is 12.3. The van der Waals surface area contributed by atoms with E-state index in [0.29, 0.717) is 30.4 Å². The molecule has 1 aliphatic rings. The minimum absolute atomic E-state index is 0.133. The maximum atomic E-state index is 12.3. The number of carbonyl (C=O) groups is 1. The molecule has 0 spiro atoms. The fourth-order valence-corrected chi connectivity index (χ4v) is 2.52. The third-order valence-corrected chi connectivity index (χ3v) is 3.71. The predicted octanol–water partition coefficient (Wildman–Crippen LogP) is 0.329. The highest BCUT2D eigenvalue weighted by molar-refractivity contribution is 5.78. The van der Waals surface area contributed by atoms with Gasteiger partial charge in [0.2, 0.25) is 5.91 Å². The Balaban J connectivity index is 1.56. The molecule has 0 unspecified atom stereocenters. The largest absolute Gasteiger partial charge is 0.497 e. The van der Waals surface area contributed by atoms with Crippen LogP contribution in [0.25, 0.3) is 0 Å². The highest BCUT2D eigenvalue weighted by Gasteiger charge is 2.31. The van der Waals surface area contributed by atoms with Gasteiger partial charge in [0.25, 0.3) is 0 Å². The lowest BCUT2D eigenvalue weighted by atomic mass is 10.2. The van der Waals surface area contributed by atoms with Crippen LogP contribution in [0.2, 0.25) is 0 Å². The van der Waals surface area contributed by atoms with Crippen molar-refractivity contribution in [1.29, 1.82) is 0 Å². The van der Waals surface area contributed by atoms with Gasteiger partial charge < -0.3 is 19.5 Å². The van der Waals surface area contributed by atoms with Crippen molar-refractivity contribution >= 4 is 5.91 Å². The Bertz CT molecular complexity index is 703. The third-order valence-electron chi connectivity index (χ3n) is 3.71. The third kappa shape index (κ3) is 4.02. The highest BCUT2D eigenvalue weighted by atomic mass is 16.5. The fourth-order valence-electron chi connectivity index (χ4n) is 2.52. The normalized spacial score (nSPS) is 19.9. The Hall–Kier alpha value is -2.61. The van der Waals surface area contributed by atoms with E-state index in [-0.39, 0.29) is 24.5 Å². The van der Waals surface area contributed by atoms with Crippen molar-refractivity contribution in [3.63, 3.8) is 0 Å². The SMILES string of the molecule is COc1ccnc(CC(=O)N[C@H]2COC[C@H]2Oc2cnn(C)c2)c1. The van der Waals surface area contributed by atoms with Crippen molar-refractivity contribution in [2.75, 3.05) is 20.3 Å². The summed E-state index contributed by atoms with van der Waals surface area (Å²) in [7, 11) is 3.40. The van der Waals surface area contributed by atoms with Crippen LogP contribution in [0.15, 0.2) is 30.7 Å². The van der Waals surface area contributed by atoms with Gasteiger partial charge in [-0.2, -0.15) is 5.10 Å². The van der Waals surface area contributed by atoms with Crippen LogP contribution in [0.4, 0.5) is 0 Å². The van der Waals surface area contributed by atoms with Crippen LogP contribution in [-0.2, 0) is 23.0 Å². The number of nitrogens with zero attached hydrogens (tertiary/aromatic N) is 3. The Morgan fingerprint density at radius 2 is 2.33 bits per heavy atom. The molecule has 1 saturated heterocycles. The molecule has 128 valence electrons. The second kappa shape index (κ2) is 7.31. The number of methoxy groups -OCH3 is 1. The monoisotopic (exact) mass is 332 g/mol. The average molecular weight is 332 g/mol. The topological polar surface area (TPSA) is 87.5 Å². The van der Waals surface area contributed by atoms with Gasteiger partial charge in [-0.25, -0.2) is 0 Å². The maximum Gasteiger partial charge on any atom is 0.226 e. The first kappa shape index (κ1) is 16.3. The average Bonchev–Trinajstić information content (AvgIpc) is 3.17. The molecule has 8 nitrogen and oxygen atoms in total. The lowest BCUT2D eigenvalue weighted by Gasteiger charge is -2.19. The zero-order valence-electron chi connectivity index (χ0n) is 13.6. The zero-order valence-corrected chi connectivity index (χ0v) is 13.6. The van der Waals surface area contributed by atoms with Gasteiger partial charge in [0.15, 0.2) is 5.75 Å². The van der Waals surface area contributed by atoms with E-state index in [1.54, 1.807) is 42.5 Å². The molecule has 1 N–H and O–H groups in total. The fraction of sp³-hybridized carbons (Fsp3) is 0.438. The van der Waals surface area contributed by atoms with Crippen molar-refractivity contribution in [2.45, 2.75) is 18.6 Å². The minimum Gasteiger partial charge on any atom is -0.497 e. The number of amides is 1. The van der Waals surface area contributed by atoms with E-state index in [0.717, 1.165) is 0 Å². The van der Waals surface area contributed by atoms with Gasteiger partial charge in [-0.3, -0.25) is 14.5 Å². The Morgan fingerprint density at radius 1 is 1.46 bits per heavy atom. The second-order valence-electron chi connectivity index (χ2n) is 5.58. The molecule has 0 radical (unpaired) electrons. The summed E-state index contributed by atoms with van der Waals surface area (Å²) in [5.41, 5.74) is 0.649. The highest BCUT2D eigenvalue weighted by Crippen LogP contribution is 2.16. The summed E-state index contributed by atoms with van der Waals surface area (Å²) in [5.74, 6) is 1.20. The van der Waals surface area contributed by atoms with Crippen LogP contribution in [-0.4, -0.2) is 53.1 Å². The number of carbonyl (C=O) groups excluding carboxylic acids is 1. The number of aromatic nitrogens is 3. The molecule has 2 aromatic heterocycles. The van der Waals surface area contributed by atoms with E-state index >= 15 is 0 Å². The Labute approximate surface area is 139 Å². The van der Waals surface area contributed by atoms with E-state index in [1.807, 2.05) is 7.05 Å². The van der Waals surface area contributed by atoms with Crippen LogP contribution in [0, 0.1) is 0 Å². The molecule has 0 bridgehead atoms. The molecular weight excluding hydrogens is 312 g/mol. The minimum atomic E-state index is -0.239. The quantitative estimate of drug-likeness (QED) is 0.820. The molecule has 8 heteroatoms. The van der Waals surface area contributed by atoms with Gasteiger partial charge in [0.1, 0.15) is 11.9 Å². The standard InChI is InChI=1S/C16H20N4O4/c1-20-8-13(7-18-20)24-15-10-23-9-14(15)19-16(21)6-11-5-12(22-2)3-4-17-11/h3-5,7-8,14-15H,6,9-10H2,1-2H3,(H,19,21)/t14-,15+/m0/s1. The van der Waals surface area contributed by atoms with E-state index in [9.17, 15) is 4.79 Å². The first-order valence-corrected chi connectivity index (χ1v) is 7.65. The van der Waals surface area contributed by atoms with E-state index < -0.39 is 0 Å². The molecule has 24 heavy (non-hydrogen) atoms. The van der Waals surface area contributed by atoms with Gasteiger partial charge >= 0.3 is 0 Å². The molecule has 0 saturated carbocycles. The van der Waals surface area contributed by atoms with Crippen molar-refractivity contribution in [3.05, 3.63) is 36.4 Å². The number of hydrogen-bond donors (Lipinski definition) is 1. The van der Waals surface area contributed by atoms with E-state index in [2.05, 4.69) is 15.4 Å². The Morgan fingerprint density at radius 3 is 3.08 bits per heavy atom. The summed E-state index contributed by atoms with van der Waals surface area (Å²) in [6.45, 7) is 0.847. The summed E-state index contributed by atoms with van der Waals surface area (Å²) in [4.78, 5) is 16.4. The smallest absolute Gasteiger partial charge is 0.226 e. The Kier molecular flexibility index (Phi) is 4.95. The van der Waals surface area contributed by atoms with Gasteiger partial charge in [-0.05, 0) is 6.07 Å². The van der Waals surface area contributed by atoms with Crippen LogP contribution in [0.5, 0.6) is 11.5 Å². The molecule has 2 aromatic rings. The van der Waals surface area contributed by atoms with E-state index in [1.165, 1.54) is 0 Å². The second-order valence-corrected chi connectivity index (χ2v) is 5.58. The van der Waals surface area contributed by atoms with Crippen molar-refractivity contribution in [3.8, 4) is 11.5 Å². The molecule has 0 aromatic carbocycles. The number of ether oxygens (including phenoxy) is 3. The van der Waals surface area contributed by atoms with Crippen LogP contribution >= 0.6 is 0 Å². The molecule has 1 aliphatic heterocycles. The van der Waals surface area contributed by atoms with Crippen molar-refractivity contribution in [1.82, 2.24) is 20.1 Å². The molecule has 3 rings (SSSR count). The number of pyridine rings is 1. The molecule has 2 atom stereocenters. The van der Waals surface area contributed by atoms with Crippen LogP contribution in [0.3, 0.4) is 0 Å². The number of hydrogen-bond acceptors (Lipinski definition) is 6. The summed E-state index contributed by atoms with van der Waals surface area (Å²) in [5, 5.41) is 7.01. The van der Waals surface area contributed by atoms with Gasteiger partial charge in [-0.1, -0.05) is 0 Å². The molecular formula is C16H20N4O4. The van der Waals surface area contributed by atoms with Crippen molar-refractivity contribution in [2.24, 2.45) is 7.05 Å². The van der Waals surface area contributed by atoms with Crippen LogP contribution in [0.1, 0.15) is 5.69 Å². The summed E-state index contributed by atoms with van der Waals surface area (Å²) < 4.78 is 18.1. The van der Waals surface area contributed by atoms with Gasteiger partial charge in [-0.15, -0.1) is 0 Å². The molecule has 0 aliphatic carbocycles. The summed E-state index contributed by atoms with van der Waals surface area (Å²) in [6, 6.07) is 3.28. The first-order chi connectivity index (χ1) is 11.6. The molecule has 1 amide bonds. The molecule has 3 heterocycles. The van der Waals surface area contributed by atoms with Crippen molar-refractivity contribution < 1.29 is 19.0 Å². The lowest BCUT2D eigenvalue weighted by molar-refractivity contribution is -0.121. The lowest BCUT2D eigenvalue weighted by Crippen LogP contribution is -2.45. The summed E-state index contributed by atoms with van der Waals surface area (Å²) in [6.07, 6.45) is 4.97. The molecule has 1 fully saturated rings. The van der Waals surface area contributed by atoms with E-state index in [4.69, 9.17) is 14.2 Å². The number of nitrogens with one attached hydrogen (secondary N) is 1. The number of rotatable bonds is 6. The van der Waals surface area contributed by atoms with Gasteiger partial charge in [0, 0.05) is 19.3 Å². The summed E-state index contributed by atoms with van der Waals surface area (Å²) >= 11 is 0. The van der Waals surface area contributed by atoms with Crippen LogP contribution < -0.4 is 14.8 Å². The number of aryl methyl sites for hydroxylation is 1. The first-order valence-electron chi connectivity index (χ1n) is 7.65.